The standard InChI is InChI=1S/C20H21FN2O5S/c21-16-4-6-17(7-5-16)29(25,26)23-9-1-2-15(12-23)20(24)22-11-14-3-8-18-19(10-14)28-13-27-18/h3-8,10,15H,1-2,9,11-13H2,(H,22,24)/t15-/m0/s1. The summed E-state index contributed by atoms with van der Waals surface area (Å²) in [6.45, 7) is 0.945. The Labute approximate surface area is 168 Å². The summed E-state index contributed by atoms with van der Waals surface area (Å²) in [4.78, 5) is 12.6. The molecule has 1 atom stereocenters. The number of carbonyl (C=O) groups excluding carboxylic acids is 1. The highest BCUT2D eigenvalue weighted by molar-refractivity contribution is 7.89. The van der Waals surface area contributed by atoms with Crippen LogP contribution >= 0.6 is 0 Å². The summed E-state index contributed by atoms with van der Waals surface area (Å²) >= 11 is 0. The van der Waals surface area contributed by atoms with E-state index in [4.69, 9.17) is 9.47 Å². The Bertz CT molecular complexity index is 1010. The summed E-state index contributed by atoms with van der Waals surface area (Å²) in [7, 11) is -3.76. The largest absolute Gasteiger partial charge is 0.454 e. The van der Waals surface area contributed by atoms with Crippen molar-refractivity contribution in [1.82, 2.24) is 9.62 Å². The van der Waals surface area contributed by atoms with Gasteiger partial charge in [0, 0.05) is 19.6 Å². The summed E-state index contributed by atoms with van der Waals surface area (Å²) in [5.41, 5.74) is 0.870. The van der Waals surface area contributed by atoms with Crippen LogP contribution in [0.1, 0.15) is 18.4 Å². The molecule has 9 heteroatoms. The number of carbonyl (C=O) groups is 1. The maximum Gasteiger partial charge on any atom is 0.243 e. The maximum atomic E-state index is 13.1. The zero-order valence-electron chi connectivity index (χ0n) is 15.6. The van der Waals surface area contributed by atoms with E-state index in [1.807, 2.05) is 12.1 Å². The highest BCUT2D eigenvalue weighted by Crippen LogP contribution is 2.32. The quantitative estimate of drug-likeness (QED) is 0.802. The van der Waals surface area contributed by atoms with Crippen molar-refractivity contribution >= 4 is 15.9 Å². The van der Waals surface area contributed by atoms with Gasteiger partial charge in [-0.2, -0.15) is 4.31 Å². The van der Waals surface area contributed by atoms with E-state index >= 15 is 0 Å². The molecule has 29 heavy (non-hydrogen) atoms. The summed E-state index contributed by atoms with van der Waals surface area (Å²) in [5, 5.41) is 2.87. The molecule has 1 N–H and O–H groups in total. The van der Waals surface area contributed by atoms with E-state index in [9.17, 15) is 17.6 Å². The van der Waals surface area contributed by atoms with Gasteiger partial charge in [0.2, 0.25) is 22.7 Å². The van der Waals surface area contributed by atoms with E-state index in [1.165, 1.54) is 16.4 Å². The molecule has 0 unspecified atom stereocenters. The lowest BCUT2D eigenvalue weighted by Crippen LogP contribution is -2.45. The molecule has 0 aromatic heterocycles. The zero-order valence-corrected chi connectivity index (χ0v) is 16.5. The average Bonchev–Trinajstić information content (AvgIpc) is 3.20. The minimum atomic E-state index is -3.76. The Morgan fingerprint density at radius 1 is 1.14 bits per heavy atom. The first kappa shape index (κ1) is 19.7. The average molecular weight is 420 g/mol. The van der Waals surface area contributed by atoms with Crippen LogP contribution in [0.3, 0.4) is 0 Å². The summed E-state index contributed by atoms with van der Waals surface area (Å²) in [6.07, 6.45) is 1.20. The lowest BCUT2D eigenvalue weighted by Gasteiger charge is -2.31. The van der Waals surface area contributed by atoms with Crippen molar-refractivity contribution in [3.8, 4) is 11.5 Å². The number of fused-ring (bicyclic) bond motifs is 1. The van der Waals surface area contributed by atoms with Crippen molar-refractivity contribution in [3.05, 3.63) is 53.8 Å². The third-order valence-electron chi connectivity index (χ3n) is 5.11. The minimum Gasteiger partial charge on any atom is -0.454 e. The van der Waals surface area contributed by atoms with Gasteiger partial charge in [0.15, 0.2) is 11.5 Å². The summed E-state index contributed by atoms with van der Waals surface area (Å²) < 4.78 is 50.6. The number of sulfonamides is 1. The normalized spacial score (nSPS) is 19.1. The molecule has 1 amide bonds. The van der Waals surface area contributed by atoms with E-state index in [0.717, 1.165) is 17.7 Å². The molecule has 4 rings (SSSR count). The molecule has 1 saturated heterocycles. The smallest absolute Gasteiger partial charge is 0.243 e. The second-order valence-electron chi connectivity index (χ2n) is 7.06. The van der Waals surface area contributed by atoms with Crippen molar-refractivity contribution in [3.63, 3.8) is 0 Å². The van der Waals surface area contributed by atoms with E-state index in [0.29, 0.717) is 37.4 Å². The number of hydrogen-bond acceptors (Lipinski definition) is 5. The second kappa shape index (κ2) is 8.00. The zero-order chi connectivity index (χ0) is 20.4. The molecule has 0 bridgehead atoms. The highest BCUT2D eigenvalue weighted by Gasteiger charge is 2.33. The first-order valence-corrected chi connectivity index (χ1v) is 10.8. The number of ether oxygens (including phenoxy) is 2. The van der Waals surface area contributed by atoms with Crippen LogP contribution in [-0.2, 0) is 21.4 Å². The molecule has 0 spiro atoms. The van der Waals surface area contributed by atoms with Crippen molar-refractivity contribution in [2.75, 3.05) is 19.9 Å². The Balaban J connectivity index is 1.38. The Morgan fingerprint density at radius 3 is 2.69 bits per heavy atom. The Kier molecular flexibility index (Phi) is 5.42. The number of rotatable bonds is 5. The SMILES string of the molecule is O=C(NCc1ccc2c(c1)OCO2)[C@H]1CCCN(S(=O)(=O)c2ccc(F)cc2)C1. The van der Waals surface area contributed by atoms with Crippen molar-refractivity contribution in [1.29, 1.82) is 0 Å². The van der Waals surface area contributed by atoms with Crippen molar-refractivity contribution < 1.29 is 27.1 Å². The molecule has 154 valence electrons. The monoisotopic (exact) mass is 420 g/mol. The molecule has 2 aromatic carbocycles. The minimum absolute atomic E-state index is 0.0281. The number of nitrogens with one attached hydrogen (secondary N) is 1. The van der Waals surface area contributed by atoms with Gasteiger partial charge in [-0.25, -0.2) is 12.8 Å². The van der Waals surface area contributed by atoms with Crippen LogP contribution in [-0.4, -0.2) is 38.5 Å². The van der Waals surface area contributed by atoms with Crippen LogP contribution < -0.4 is 14.8 Å². The molecule has 0 saturated carbocycles. The van der Waals surface area contributed by atoms with Crippen molar-refractivity contribution in [2.24, 2.45) is 5.92 Å². The Hall–Kier alpha value is -2.65. The Morgan fingerprint density at radius 2 is 1.90 bits per heavy atom. The van der Waals surface area contributed by atoms with Gasteiger partial charge in [-0.3, -0.25) is 4.79 Å². The van der Waals surface area contributed by atoms with Gasteiger partial charge in [-0.15, -0.1) is 0 Å². The van der Waals surface area contributed by atoms with Gasteiger partial charge in [0.25, 0.3) is 0 Å². The van der Waals surface area contributed by atoms with Gasteiger partial charge in [-0.1, -0.05) is 6.07 Å². The van der Waals surface area contributed by atoms with Gasteiger partial charge in [0.1, 0.15) is 5.82 Å². The van der Waals surface area contributed by atoms with Crippen LogP contribution in [0.2, 0.25) is 0 Å². The molecule has 2 heterocycles. The third-order valence-corrected chi connectivity index (χ3v) is 6.99. The number of halogens is 1. The fourth-order valence-corrected chi connectivity index (χ4v) is 5.04. The number of hydrogen-bond donors (Lipinski definition) is 1. The molecule has 2 aromatic rings. The molecule has 2 aliphatic heterocycles. The van der Waals surface area contributed by atoms with E-state index < -0.39 is 21.8 Å². The summed E-state index contributed by atoms with van der Waals surface area (Å²) in [5.74, 6) is 0.193. The lowest BCUT2D eigenvalue weighted by molar-refractivity contribution is -0.126. The molecular formula is C20H21FN2O5S. The van der Waals surface area contributed by atoms with Crippen LogP contribution in [0.4, 0.5) is 4.39 Å². The maximum absolute atomic E-state index is 13.1. The molecule has 2 aliphatic rings. The lowest BCUT2D eigenvalue weighted by atomic mass is 9.98. The molecule has 0 radical (unpaired) electrons. The molecule has 1 fully saturated rings. The second-order valence-corrected chi connectivity index (χ2v) is 9.00. The van der Waals surface area contributed by atoms with Gasteiger partial charge in [0.05, 0.1) is 10.8 Å². The van der Waals surface area contributed by atoms with Gasteiger partial charge >= 0.3 is 0 Å². The van der Waals surface area contributed by atoms with Crippen LogP contribution in [0.15, 0.2) is 47.4 Å². The third kappa shape index (κ3) is 4.20. The van der Waals surface area contributed by atoms with Crippen LogP contribution in [0.5, 0.6) is 11.5 Å². The highest BCUT2D eigenvalue weighted by atomic mass is 32.2. The number of amides is 1. The van der Waals surface area contributed by atoms with Gasteiger partial charge < -0.3 is 14.8 Å². The van der Waals surface area contributed by atoms with E-state index in [2.05, 4.69) is 5.32 Å². The summed E-state index contributed by atoms with van der Waals surface area (Å²) in [6, 6.07) is 10.2. The molecule has 0 aliphatic carbocycles. The first-order chi connectivity index (χ1) is 13.9. The van der Waals surface area contributed by atoms with Gasteiger partial charge in [-0.05, 0) is 54.8 Å². The first-order valence-electron chi connectivity index (χ1n) is 9.35. The fraction of sp³-hybridized carbons (Fsp3) is 0.350. The predicted octanol–water partition coefficient (Wildman–Crippen LogP) is 2.27. The molecule has 7 nitrogen and oxygen atoms in total. The van der Waals surface area contributed by atoms with Crippen LogP contribution in [0.25, 0.3) is 0 Å². The number of nitrogens with zero attached hydrogens (tertiary/aromatic N) is 1. The topological polar surface area (TPSA) is 84.9 Å². The van der Waals surface area contributed by atoms with E-state index in [1.54, 1.807) is 6.07 Å². The number of piperidine rings is 1. The number of benzene rings is 2. The van der Waals surface area contributed by atoms with E-state index in [-0.39, 0.29) is 24.1 Å². The van der Waals surface area contributed by atoms with Crippen LogP contribution in [0, 0.1) is 11.7 Å². The predicted molar refractivity (Wildman–Crippen MR) is 102 cm³/mol. The fourth-order valence-electron chi connectivity index (χ4n) is 3.51. The molecular weight excluding hydrogens is 399 g/mol. The van der Waals surface area contributed by atoms with Crippen molar-refractivity contribution in [2.45, 2.75) is 24.3 Å².